The van der Waals surface area contributed by atoms with E-state index in [1.807, 2.05) is 61.5 Å². The topological polar surface area (TPSA) is 93.4 Å². The zero-order valence-electron chi connectivity index (χ0n) is 16.8. The quantitative estimate of drug-likeness (QED) is 0.576. The smallest absolute Gasteiger partial charge is 0.258 e. The Morgan fingerprint density at radius 2 is 1.79 bits per heavy atom. The number of carbonyl (C=O) groups excluding carboxylic acids is 2. The molecule has 6 heteroatoms. The second-order valence-electron chi connectivity index (χ2n) is 7.54. The van der Waals surface area contributed by atoms with Crippen molar-refractivity contribution in [2.24, 2.45) is 11.7 Å². The molecule has 2 atom stereocenters. The third-order valence-corrected chi connectivity index (χ3v) is 5.09. The number of benzene rings is 2. The molecule has 1 saturated carbocycles. The van der Waals surface area contributed by atoms with Gasteiger partial charge in [-0.15, -0.1) is 0 Å². The summed E-state index contributed by atoms with van der Waals surface area (Å²) < 4.78 is 5.50. The molecule has 4 N–H and O–H groups in total. The van der Waals surface area contributed by atoms with Crippen molar-refractivity contribution in [2.75, 3.05) is 13.2 Å². The summed E-state index contributed by atoms with van der Waals surface area (Å²) >= 11 is 0. The molecule has 29 heavy (non-hydrogen) atoms. The van der Waals surface area contributed by atoms with Gasteiger partial charge in [0.15, 0.2) is 6.61 Å². The largest absolute Gasteiger partial charge is 0.484 e. The lowest BCUT2D eigenvalue weighted by Gasteiger charge is -2.19. The lowest BCUT2D eigenvalue weighted by molar-refractivity contribution is -0.125. The summed E-state index contributed by atoms with van der Waals surface area (Å²) in [5.41, 5.74) is 8.25. The van der Waals surface area contributed by atoms with Crippen molar-refractivity contribution in [3.05, 3.63) is 65.7 Å². The van der Waals surface area contributed by atoms with Gasteiger partial charge in [-0.3, -0.25) is 9.59 Å². The van der Waals surface area contributed by atoms with Crippen molar-refractivity contribution in [1.82, 2.24) is 10.6 Å². The molecule has 2 unspecified atom stereocenters. The Balaban J connectivity index is 1.38. The second kappa shape index (κ2) is 10.1. The molecule has 1 fully saturated rings. The highest BCUT2D eigenvalue weighted by Gasteiger charge is 2.23. The number of hydrogen-bond acceptors (Lipinski definition) is 4. The standard InChI is InChI=1S/C23H29N3O3/c1-16(22(24)18-5-3-2-4-6-18)23(28)25-14-13-17-7-11-20(12-8-17)29-15-21(27)26-19-9-10-19/h2-8,11-12,16,19,22H,9-10,13-15,24H2,1H3,(H,25,28)(H,26,27). The van der Waals surface area contributed by atoms with E-state index in [9.17, 15) is 9.59 Å². The Labute approximate surface area is 171 Å². The molecule has 0 aliphatic heterocycles. The highest BCUT2D eigenvalue weighted by atomic mass is 16.5. The van der Waals surface area contributed by atoms with Crippen LogP contribution in [0.15, 0.2) is 54.6 Å². The lowest BCUT2D eigenvalue weighted by Crippen LogP contribution is -2.36. The molecular weight excluding hydrogens is 366 g/mol. The fourth-order valence-corrected chi connectivity index (χ4v) is 3.02. The maximum absolute atomic E-state index is 12.4. The molecule has 6 nitrogen and oxygen atoms in total. The van der Waals surface area contributed by atoms with Gasteiger partial charge < -0.3 is 21.1 Å². The highest BCUT2D eigenvalue weighted by molar-refractivity contribution is 5.79. The van der Waals surface area contributed by atoms with Crippen LogP contribution in [0.1, 0.15) is 36.9 Å². The molecule has 0 bridgehead atoms. The third-order valence-electron chi connectivity index (χ3n) is 5.09. The maximum Gasteiger partial charge on any atom is 0.258 e. The molecule has 0 aromatic heterocycles. The Morgan fingerprint density at radius 3 is 2.45 bits per heavy atom. The van der Waals surface area contributed by atoms with Gasteiger partial charge in [0, 0.05) is 18.6 Å². The summed E-state index contributed by atoms with van der Waals surface area (Å²) in [6.45, 7) is 2.42. The van der Waals surface area contributed by atoms with Crippen LogP contribution < -0.4 is 21.1 Å². The molecular formula is C23H29N3O3. The summed E-state index contributed by atoms with van der Waals surface area (Å²) in [7, 11) is 0. The Bertz CT molecular complexity index is 804. The number of ether oxygens (including phenoxy) is 1. The molecule has 2 aromatic carbocycles. The van der Waals surface area contributed by atoms with E-state index in [-0.39, 0.29) is 30.4 Å². The molecule has 1 aliphatic carbocycles. The first-order valence-corrected chi connectivity index (χ1v) is 10.1. The van der Waals surface area contributed by atoms with Crippen molar-refractivity contribution in [1.29, 1.82) is 0 Å². The van der Waals surface area contributed by atoms with Crippen LogP contribution >= 0.6 is 0 Å². The Kier molecular flexibility index (Phi) is 7.25. The zero-order chi connectivity index (χ0) is 20.6. The lowest BCUT2D eigenvalue weighted by atomic mass is 9.94. The van der Waals surface area contributed by atoms with Crippen LogP contribution in [0.4, 0.5) is 0 Å². The van der Waals surface area contributed by atoms with Gasteiger partial charge in [-0.05, 0) is 42.5 Å². The SMILES string of the molecule is CC(C(=O)NCCc1ccc(OCC(=O)NC2CC2)cc1)C(N)c1ccccc1. The molecule has 154 valence electrons. The van der Waals surface area contributed by atoms with Gasteiger partial charge in [0.2, 0.25) is 5.91 Å². The van der Waals surface area contributed by atoms with Gasteiger partial charge in [0.05, 0.1) is 5.92 Å². The van der Waals surface area contributed by atoms with Crippen molar-refractivity contribution in [2.45, 2.75) is 38.3 Å². The average Bonchev–Trinajstić information content (AvgIpc) is 3.56. The van der Waals surface area contributed by atoms with Crippen LogP contribution in [0.5, 0.6) is 5.75 Å². The first-order valence-electron chi connectivity index (χ1n) is 10.1. The number of nitrogens with one attached hydrogen (secondary N) is 2. The fraction of sp³-hybridized carbons (Fsp3) is 0.391. The molecule has 0 saturated heterocycles. The van der Waals surface area contributed by atoms with E-state index < -0.39 is 0 Å². The van der Waals surface area contributed by atoms with Gasteiger partial charge in [-0.1, -0.05) is 49.4 Å². The second-order valence-corrected chi connectivity index (χ2v) is 7.54. The van der Waals surface area contributed by atoms with E-state index in [1.54, 1.807) is 0 Å². The number of hydrogen-bond donors (Lipinski definition) is 3. The van der Waals surface area contributed by atoms with Crippen LogP contribution in [0.2, 0.25) is 0 Å². The van der Waals surface area contributed by atoms with Crippen LogP contribution in [-0.4, -0.2) is 31.0 Å². The number of amides is 2. The van der Waals surface area contributed by atoms with E-state index in [2.05, 4.69) is 10.6 Å². The van der Waals surface area contributed by atoms with Gasteiger partial charge in [0.25, 0.3) is 5.91 Å². The highest BCUT2D eigenvalue weighted by Crippen LogP contribution is 2.20. The van der Waals surface area contributed by atoms with Crippen molar-refractivity contribution in [3.8, 4) is 5.75 Å². The summed E-state index contributed by atoms with van der Waals surface area (Å²) in [5.74, 6) is 0.214. The van der Waals surface area contributed by atoms with Crippen LogP contribution in [0, 0.1) is 5.92 Å². The third kappa shape index (κ3) is 6.61. The van der Waals surface area contributed by atoms with Crippen LogP contribution in [-0.2, 0) is 16.0 Å². The molecule has 3 rings (SSSR count). The van der Waals surface area contributed by atoms with Gasteiger partial charge in [0.1, 0.15) is 5.75 Å². The molecule has 0 spiro atoms. The monoisotopic (exact) mass is 395 g/mol. The van der Waals surface area contributed by atoms with E-state index in [0.29, 0.717) is 24.8 Å². The normalized spacial score (nSPS) is 15.2. The molecule has 0 radical (unpaired) electrons. The first kappa shape index (κ1) is 20.9. The predicted octanol–water partition coefficient (Wildman–Crippen LogP) is 2.34. The number of carbonyl (C=O) groups is 2. The predicted molar refractivity (Wildman–Crippen MR) is 112 cm³/mol. The maximum atomic E-state index is 12.4. The fourth-order valence-electron chi connectivity index (χ4n) is 3.02. The first-order chi connectivity index (χ1) is 14.0. The van der Waals surface area contributed by atoms with Gasteiger partial charge >= 0.3 is 0 Å². The molecule has 0 heterocycles. The van der Waals surface area contributed by atoms with Gasteiger partial charge in [-0.2, -0.15) is 0 Å². The number of nitrogens with two attached hydrogens (primary N) is 1. The van der Waals surface area contributed by atoms with Crippen molar-refractivity contribution in [3.63, 3.8) is 0 Å². The zero-order valence-corrected chi connectivity index (χ0v) is 16.8. The van der Waals surface area contributed by atoms with E-state index in [4.69, 9.17) is 10.5 Å². The van der Waals surface area contributed by atoms with Crippen LogP contribution in [0.3, 0.4) is 0 Å². The van der Waals surface area contributed by atoms with E-state index in [1.165, 1.54) is 0 Å². The van der Waals surface area contributed by atoms with E-state index in [0.717, 1.165) is 24.0 Å². The minimum Gasteiger partial charge on any atom is -0.484 e. The summed E-state index contributed by atoms with van der Waals surface area (Å²) in [6.07, 6.45) is 2.84. The number of rotatable bonds is 10. The summed E-state index contributed by atoms with van der Waals surface area (Å²) in [4.78, 5) is 24.0. The van der Waals surface area contributed by atoms with Crippen LogP contribution in [0.25, 0.3) is 0 Å². The van der Waals surface area contributed by atoms with Gasteiger partial charge in [-0.25, -0.2) is 0 Å². The van der Waals surface area contributed by atoms with Crippen molar-refractivity contribution >= 4 is 11.8 Å². The molecule has 1 aliphatic rings. The molecule has 2 aromatic rings. The Hall–Kier alpha value is -2.86. The van der Waals surface area contributed by atoms with E-state index >= 15 is 0 Å². The summed E-state index contributed by atoms with van der Waals surface area (Å²) in [6, 6.07) is 17.2. The minimum atomic E-state index is -0.329. The Morgan fingerprint density at radius 1 is 1.10 bits per heavy atom. The molecule has 2 amide bonds. The minimum absolute atomic E-state index is 0.0332. The average molecular weight is 396 g/mol. The van der Waals surface area contributed by atoms with Crippen molar-refractivity contribution < 1.29 is 14.3 Å². The summed E-state index contributed by atoms with van der Waals surface area (Å²) in [5, 5.41) is 5.85.